The van der Waals surface area contributed by atoms with Crippen LogP contribution in [0.5, 0.6) is 0 Å². The number of hydrogen-bond acceptors (Lipinski definition) is 4. The molecule has 0 aromatic heterocycles. The Balaban J connectivity index is 1.51. The Hall–Kier alpha value is -2.99. The van der Waals surface area contributed by atoms with E-state index in [4.69, 9.17) is 0 Å². The van der Waals surface area contributed by atoms with E-state index >= 15 is 0 Å². The smallest absolute Gasteiger partial charge is 0.262 e. The molecule has 3 amide bonds. The van der Waals surface area contributed by atoms with Crippen molar-refractivity contribution in [3.8, 4) is 0 Å². The first-order chi connectivity index (χ1) is 12.9. The van der Waals surface area contributed by atoms with Gasteiger partial charge in [0, 0.05) is 6.54 Å². The quantitative estimate of drug-likeness (QED) is 0.732. The van der Waals surface area contributed by atoms with Crippen LogP contribution in [0.2, 0.25) is 0 Å². The van der Waals surface area contributed by atoms with Gasteiger partial charge in [0.1, 0.15) is 6.54 Å². The van der Waals surface area contributed by atoms with E-state index in [1.54, 1.807) is 31.2 Å². The van der Waals surface area contributed by atoms with Gasteiger partial charge in [-0.15, -0.1) is 0 Å². The Morgan fingerprint density at radius 2 is 1.56 bits per heavy atom. The molecule has 0 saturated heterocycles. The van der Waals surface area contributed by atoms with Crippen LogP contribution >= 0.6 is 0 Å². The second-order valence-corrected chi connectivity index (χ2v) is 7.00. The molecule has 27 heavy (non-hydrogen) atoms. The lowest BCUT2D eigenvalue weighted by molar-refractivity contribution is -0.122. The highest BCUT2D eigenvalue weighted by Crippen LogP contribution is 2.22. The molecule has 3 rings (SSSR count). The molecule has 0 aliphatic carbocycles. The summed E-state index contributed by atoms with van der Waals surface area (Å²) in [5, 5.41) is 13.1. The number of rotatable bonds is 7. The maximum Gasteiger partial charge on any atom is 0.262 e. The van der Waals surface area contributed by atoms with Gasteiger partial charge in [-0.1, -0.05) is 42.5 Å². The molecule has 2 aromatic rings. The first-order valence-corrected chi connectivity index (χ1v) is 8.86. The summed E-state index contributed by atoms with van der Waals surface area (Å²) < 4.78 is 0. The number of nitrogens with zero attached hydrogens (tertiary/aromatic N) is 1. The van der Waals surface area contributed by atoms with Crippen molar-refractivity contribution in [3.63, 3.8) is 0 Å². The summed E-state index contributed by atoms with van der Waals surface area (Å²) in [6, 6.07) is 16.3. The summed E-state index contributed by atoms with van der Waals surface area (Å²) in [6.45, 7) is 1.33. The van der Waals surface area contributed by atoms with Gasteiger partial charge in [0.15, 0.2) is 0 Å². The van der Waals surface area contributed by atoms with Crippen LogP contribution in [-0.2, 0) is 11.2 Å². The van der Waals surface area contributed by atoms with Crippen LogP contribution in [0.15, 0.2) is 54.6 Å². The summed E-state index contributed by atoms with van der Waals surface area (Å²) in [7, 11) is 0. The third-order valence-corrected chi connectivity index (χ3v) is 4.64. The van der Waals surface area contributed by atoms with E-state index in [0.29, 0.717) is 24.0 Å². The molecule has 6 heteroatoms. The number of carbonyl (C=O) groups is 3. The minimum absolute atomic E-state index is 0.0435. The monoisotopic (exact) mass is 366 g/mol. The standard InChI is InChI=1S/C21H22N2O4/c1-21(27,12-11-15-7-3-2-4-8-15)14-22-18(24)13-23-19(25)16-9-5-6-10-17(16)20(23)26/h2-10,27H,11-14H2,1H3,(H,22,24). The van der Waals surface area contributed by atoms with E-state index in [1.165, 1.54) is 0 Å². The predicted molar refractivity (Wildman–Crippen MR) is 100 cm³/mol. The number of carbonyl (C=O) groups excluding carboxylic acids is 3. The van der Waals surface area contributed by atoms with Crippen LogP contribution in [0.4, 0.5) is 0 Å². The van der Waals surface area contributed by atoms with Crippen molar-refractivity contribution in [1.82, 2.24) is 10.2 Å². The van der Waals surface area contributed by atoms with Crippen molar-refractivity contribution in [1.29, 1.82) is 0 Å². The van der Waals surface area contributed by atoms with E-state index in [-0.39, 0.29) is 13.1 Å². The topological polar surface area (TPSA) is 86.7 Å². The van der Waals surface area contributed by atoms with Crippen LogP contribution in [0, 0.1) is 0 Å². The van der Waals surface area contributed by atoms with Gasteiger partial charge >= 0.3 is 0 Å². The van der Waals surface area contributed by atoms with Gasteiger partial charge in [0.2, 0.25) is 5.91 Å². The van der Waals surface area contributed by atoms with E-state index in [1.807, 2.05) is 30.3 Å². The van der Waals surface area contributed by atoms with Crippen LogP contribution in [-0.4, -0.2) is 46.4 Å². The molecule has 0 saturated carbocycles. The Morgan fingerprint density at radius 3 is 2.15 bits per heavy atom. The molecule has 1 atom stereocenters. The minimum Gasteiger partial charge on any atom is -0.388 e. The number of aliphatic hydroxyl groups is 1. The Bertz CT molecular complexity index is 826. The maximum absolute atomic E-state index is 12.3. The summed E-state index contributed by atoms with van der Waals surface area (Å²) >= 11 is 0. The Kier molecular flexibility index (Phi) is 5.37. The number of aryl methyl sites for hydroxylation is 1. The summed E-state index contributed by atoms with van der Waals surface area (Å²) in [6.07, 6.45) is 1.16. The van der Waals surface area contributed by atoms with Gasteiger partial charge in [-0.05, 0) is 37.5 Å². The minimum atomic E-state index is -1.09. The molecule has 1 unspecified atom stereocenters. The first-order valence-electron chi connectivity index (χ1n) is 8.86. The molecule has 1 aliphatic heterocycles. The summed E-state index contributed by atoms with van der Waals surface area (Å²) in [5.41, 5.74) is 0.637. The summed E-state index contributed by atoms with van der Waals surface area (Å²) in [4.78, 5) is 37.7. The average Bonchev–Trinajstić information content (AvgIpc) is 2.91. The van der Waals surface area contributed by atoms with Gasteiger partial charge in [0.05, 0.1) is 16.7 Å². The molecule has 6 nitrogen and oxygen atoms in total. The number of imide groups is 1. The highest BCUT2D eigenvalue weighted by molar-refractivity contribution is 6.22. The number of amides is 3. The van der Waals surface area contributed by atoms with Gasteiger partial charge in [-0.2, -0.15) is 0 Å². The van der Waals surface area contributed by atoms with Crippen LogP contribution in [0.25, 0.3) is 0 Å². The largest absolute Gasteiger partial charge is 0.388 e. The number of benzene rings is 2. The molecule has 1 heterocycles. The second-order valence-electron chi connectivity index (χ2n) is 7.00. The van der Waals surface area contributed by atoms with Crippen molar-refractivity contribution >= 4 is 17.7 Å². The number of hydrogen-bond donors (Lipinski definition) is 2. The first kappa shape index (κ1) is 18.8. The Labute approximate surface area is 157 Å². The van der Waals surface area contributed by atoms with Crippen molar-refractivity contribution < 1.29 is 19.5 Å². The third-order valence-electron chi connectivity index (χ3n) is 4.64. The molecule has 0 fully saturated rings. The van der Waals surface area contributed by atoms with Crippen LogP contribution < -0.4 is 5.32 Å². The van der Waals surface area contributed by atoms with Gasteiger partial charge in [0.25, 0.3) is 11.8 Å². The highest BCUT2D eigenvalue weighted by Gasteiger charge is 2.36. The fourth-order valence-corrected chi connectivity index (χ4v) is 3.02. The molecular weight excluding hydrogens is 344 g/mol. The molecule has 0 radical (unpaired) electrons. The number of nitrogens with one attached hydrogen (secondary N) is 1. The lowest BCUT2D eigenvalue weighted by Gasteiger charge is -2.24. The van der Waals surface area contributed by atoms with Gasteiger partial charge in [-0.3, -0.25) is 19.3 Å². The zero-order valence-electron chi connectivity index (χ0n) is 15.1. The fourth-order valence-electron chi connectivity index (χ4n) is 3.02. The third kappa shape index (κ3) is 4.41. The lowest BCUT2D eigenvalue weighted by Crippen LogP contribution is -2.46. The van der Waals surface area contributed by atoms with Crippen LogP contribution in [0.1, 0.15) is 39.6 Å². The molecule has 1 aliphatic rings. The lowest BCUT2D eigenvalue weighted by atomic mass is 9.97. The zero-order chi connectivity index (χ0) is 19.4. The molecule has 0 bridgehead atoms. The van der Waals surface area contributed by atoms with Crippen molar-refractivity contribution in [2.24, 2.45) is 0 Å². The zero-order valence-corrected chi connectivity index (χ0v) is 15.1. The van der Waals surface area contributed by atoms with Crippen molar-refractivity contribution in [2.75, 3.05) is 13.1 Å². The summed E-state index contributed by atoms with van der Waals surface area (Å²) in [5.74, 6) is -1.42. The predicted octanol–water partition coefficient (Wildman–Crippen LogP) is 1.78. The molecular formula is C21H22N2O4. The number of fused-ring (bicyclic) bond motifs is 1. The van der Waals surface area contributed by atoms with Gasteiger partial charge in [-0.25, -0.2) is 0 Å². The fraction of sp³-hybridized carbons (Fsp3) is 0.286. The van der Waals surface area contributed by atoms with Crippen molar-refractivity contribution in [3.05, 3.63) is 71.3 Å². The van der Waals surface area contributed by atoms with E-state index in [2.05, 4.69) is 5.32 Å². The molecule has 2 N–H and O–H groups in total. The van der Waals surface area contributed by atoms with Gasteiger partial charge < -0.3 is 10.4 Å². The van der Waals surface area contributed by atoms with E-state index in [0.717, 1.165) is 10.5 Å². The van der Waals surface area contributed by atoms with Crippen molar-refractivity contribution in [2.45, 2.75) is 25.4 Å². The second kappa shape index (κ2) is 7.72. The normalized spacial score (nSPS) is 15.4. The highest BCUT2D eigenvalue weighted by atomic mass is 16.3. The maximum atomic E-state index is 12.3. The average molecular weight is 366 g/mol. The van der Waals surface area contributed by atoms with E-state index < -0.39 is 23.3 Å². The Morgan fingerprint density at radius 1 is 1.00 bits per heavy atom. The molecule has 0 spiro atoms. The SMILES string of the molecule is CC(O)(CCc1ccccc1)CNC(=O)CN1C(=O)c2ccccc2C1=O. The molecule has 140 valence electrons. The van der Waals surface area contributed by atoms with E-state index in [9.17, 15) is 19.5 Å². The van der Waals surface area contributed by atoms with Crippen LogP contribution in [0.3, 0.4) is 0 Å². The molecule has 2 aromatic carbocycles.